The van der Waals surface area contributed by atoms with Gasteiger partial charge in [0, 0.05) is 35.8 Å². The summed E-state index contributed by atoms with van der Waals surface area (Å²) in [6.45, 7) is 3.52. The SMILES string of the molecule is Cc1ccc(-c2ccc3c(c2)C=C(C(=O)Nc2ccc(CN(C)C4CCCCCC4)cc2)CCO3)cc1. The molecule has 1 saturated carbocycles. The van der Waals surface area contributed by atoms with E-state index < -0.39 is 0 Å². The molecule has 0 aromatic heterocycles. The first kappa shape index (κ1) is 25.3. The summed E-state index contributed by atoms with van der Waals surface area (Å²) in [4.78, 5) is 15.7. The summed E-state index contributed by atoms with van der Waals surface area (Å²) in [5, 5.41) is 3.10. The van der Waals surface area contributed by atoms with Crippen LogP contribution in [0.3, 0.4) is 0 Å². The summed E-state index contributed by atoms with van der Waals surface area (Å²) in [5.41, 5.74) is 7.29. The average Bonchev–Trinajstić information content (AvgIpc) is 3.31. The van der Waals surface area contributed by atoms with Gasteiger partial charge in [-0.25, -0.2) is 0 Å². The van der Waals surface area contributed by atoms with Crippen LogP contribution >= 0.6 is 0 Å². The Hall–Kier alpha value is -3.37. The zero-order valence-corrected chi connectivity index (χ0v) is 22.1. The van der Waals surface area contributed by atoms with E-state index in [2.05, 4.69) is 72.7 Å². The van der Waals surface area contributed by atoms with Crippen LogP contribution in [-0.2, 0) is 11.3 Å². The van der Waals surface area contributed by atoms with E-state index in [1.54, 1.807) is 0 Å². The van der Waals surface area contributed by atoms with Gasteiger partial charge in [-0.1, -0.05) is 73.7 Å². The predicted molar refractivity (Wildman–Crippen MR) is 153 cm³/mol. The highest BCUT2D eigenvalue weighted by atomic mass is 16.5. The van der Waals surface area contributed by atoms with Gasteiger partial charge in [0.25, 0.3) is 5.91 Å². The minimum atomic E-state index is -0.0690. The molecule has 1 aliphatic heterocycles. The molecule has 3 aromatic carbocycles. The van der Waals surface area contributed by atoms with Gasteiger partial charge in [0.05, 0.1) is 6.61 Å². The van der Waals surface area contributed by atoms with Gasteiger partial charge < -0.3 is 10.1 Å². The quantitative estimate of drug-likeness (QED) is 0.358. The molecule has 1 heterocycles. The summed E-state index contributed by atoms with van der Waals surface area (Å²) in [6, 6.07) is 23.7. The van der Waals surface area contributed by atoms with E-state index in [0.29, 0.717) is 19.1 Å². The standard InChI is InChI=1S/C33H38N2O2/c1-24-9-13-26(14-10-24)27-15-18-32-29(21-27)22-28(19-20-37-32)33(36)34-30-16-11-25(12-17-30)23-35(2)31-7-5-3-4-6-8-31/h9-18,21-22,31H,3-8,19-20,23H2,1-2H3,(H,34,36). The first-order valence-corrected chi connectivity index (χ1v) is 13.7. The summed E-state index contributed by atoms with van der Waals surface area (Å²) in [5.74, 6) is 0.751. The first-order valence-electron chi connectivity index (χ1n) is 13.7. The zero-order valence-electron chi connectivity index (χ0n) is 22.1. The Balaban J connectivity index is 1.25. The van der Waals surface area contributed by atoms with E-state index in [9.17, 15) is 4.79 Å². The number of rotatable bonds is 6. The number of carbonyl (C=O) groups excluding carboxylic acids is 1. The molecule has 4 nitrogen and oxygen atoms in total. The maximum absolute atomic E-state index is 13.2. The lowest BCUT2D eigenvalue weighted by Crippen LogP contribution is -2.30. The first-order chi connectivity index (χ1) is 18.0. The third-order valence-corrected chi connectivity index (χ3v) is 7.74. The van der Waals surface area contributed by atoms with Gasteiger partial charge >= 0.3 is 0 Å². The molecule has 0 unspecified atom stereocenters. The van der Waals surface area contributed by atoms with Crippen molar-refractivity contribution in [2.75, 3.05) is 19.0 Å². The van der Waals surface area contributed by atoms with E-state index in [-0.39, 0.29) is 5.91 Å². The molecule has 0 bridgehead atoms. The number of ether oxygens (including phenoxy) is 1. The van der Waals surface area contributed by atoms with Crippen molar-refractivity contribution in [2.24, 2.45) is 0 Å². The third-order valence-electron chi connectivity index (χ3n) is 7.74. The fraction of sp³-hybridized carbons (Fsp3) is 0.364. The van der Waals surface area contributed by atoms with Gasteiger partial charge in [0.1, 0.15) is 5.75 Å². The normalized spacial score (nSPS) is 16.2. The number of benzene rings is 3. The maximum Gasteiger partial charge on any atom is 0.251 e. The molecule has 0 spiro atoms. The molecule has 1 N–H and O–H groups in total. The van der Waals surface area contributed by atoms with Gasteiger partial charge in [-0.2, -0.15) is 0 Å². The maximum atomic E-state index is 13.2. The Bertz CT molecular complexity index is 1240. The van der Waals surface area contributed by atoms with Gasteiger partial charge in [-0.15, -0.1) is 0 Å². The smallest absolute Gasteiger partial charge is 0.251 e. The molecule has 5 rings (SSSR count). The van der Waals surface area contributed by atoms with Crippen LogP contribution in [0.5, 0.6) is 5.75 Å². The lowest BCUT2D eigenvalue weighted by molar-refractivity contribution is -0.113. The van der Waals surface area contributed by atoms with Gasteiger partial charge in [-0.05, 0) is 73.8 Å². The van der Waals surface area contributed by atoms with Crippen molar-refractivity contribution in [2.45, 2.75) is 64.5 Å². The molecule has 0 saturated heterocycles. The number of nitrogens with one attached hydrogen (secondary N) is 1. The minimum absolute atomic E-state index is 0.0690. The second-order valence-corrected chi connectivity index (χ2v) is 10.6. The molecule has 4 heteroatoms. The van der Waals surface area contributed by atoms with E-state index >= 15 is 0 Å². The molecule has 2 aliphatic rings. The van der Waals surface area contributed by atoms with E-state index in [1.807, 2.05) is 24.3 Å². The number of fused-ring (bicyclic) bond motifs is 1. The molecule has 0 radical (unpaired) electrons. The minimum Gasteiger partial charge on any atom is -0.493 e. The second-order valence-electron chi connectivity index (χ2n) is 10.6. The van der Waals surface area contributed by atoms with Crippen molar-refractivity contribution in [1.29, 1.82) is 0 Å². The number of anilines is 1. The Morgan fingerprint density at radius 1 is 0.919 bits per heavy atom. The van der Waals surface area contributed by atoms with Crippen molar-refractivity contribution in [3.8, 4) is 16.9 Å². The lowest BCUT2D eigenvalue weighted by atomic mass is 10.00. The van der Waals surface area contributed by atoms with E-state index in [1.165, 1.54) is 49.7 Å². The van der Waals surface area contributed by atoms with Crippen LogP contribution < -0.4 is 10.1 Å². The predicted octanol–water partition coefficient (Wildman–Crippen LogP) is 7.62. The zero-order chi connectivity index (χ0) is 25.6. The van der Waals surface area contributed by atoms with Gasteiger partial charge in [0.2, 0.25) is 0 Å². The number of amides is 1. The van der Waals surface area contributed by atoms with Crippen LogP contribution in [0, 0.1) is 6.92 Å². The lowest BCUT2D eigenvalue weighted by Gasteiger charge is -2.27. The summed E-state index contributed by atoms with van der Waals surface area (Å²) in [6.07, 6.45) is 10.6. The van der Waals surface area contributed by atoms with Crippen LogP contribution in [0.15, 0.2) is 72.3 Å². The van der Waals surface area contributed by atoms with Crippen molar-refractivity contribution < 1.29 is 9.53 Å². The van der Waals surface area contributed by atoms with Crippen molar-refractivity contribution >= 4 is 17.7 Å². The summed E-state index contributed by atoms with van der Waals surface area (Å²) >= 11 is 0. The molecule has 3 aromatic rings. The fourth-order valence-electron chi connectivity index (χ4n) is 5.45. The van der Waals surface area contributed by atoms with Crippen molar-refractivity contribution in [3.05, 3.63) is 89.0 Å². The third kappa shape index (κ3) is 6.50. The molecule has 0 atom stereocenters. The highest BCUT2D eigenvalue weighted by molar-refractivity contribution is 6.07. The number of aryl methyl sites for hydroxylation is 1. The van der Waals surface area contributed by atoms with Gasteiger partial charge in [0.15, 0.2) is 0 Å². The second kappa shape index (κ2) is 11.8. The Labute approximate surface area is 221 Å². The summed E-state index contributed by atoms with van der Waals surface area (Å²) < 4.78 is 5.96. The number of nitrogens with zero attached hydrogens (tertiary/aromatic N) is 1. The molecular weight excluding hydrogens is 456 g/mol. The van der Waals surface area contributed by atoms with Crippen molar-refractivity contribution in [3.63, 3.8) is 0 Å². The van der Waals surface area contributed by atoms with Crippen LogP contribution in [0.2, 0.25) is 0 Å². The summed E-state index contributed by atoms with van der Waals surface area (Å²) in [7, 11) is 2.24. The van der Waals surface area contributed by atoms with E-state index in [4.69, 9.17) is 4.74 Å². The number of carbonyl (C=O) groups is 1. The van der Waals surface area contributed by atoms with Crippen LogP contribution in [-0.4, -0.2) is 30.5 Å². The highest BCUT2D eigenvalue weighted by Gasteiger charge is 2.18. The number of hydrogen-bond donors (Lipinski definition) is 1. The molecular formula is C33H38N2O2. The molecule has 1 amide bonds. The monoisotopic (exact) mass is 494 g/mol. The average molecular weight is 495 g/mol. The fourth-order valence-corrected chi connectivity index (χ4v) is 5.45. The van der Waals surface area contributed by atoms with E-state index in [0.717, 1.165) is 40.2 Å². The topological polar surface area (TPSA) is 41.6 Å². The molecule has 1 fully saturated rings. The van der Waals surface area contributed by atoms with Crippen LogP contribution in [0.4, 0.5) is 5.69 Å². The molecule has 192 valence electrons. The van der Waals surface area contributed by atoms with Crippen LogP contribution in [0.25, 0.3) is 17.2 Å². The highest BCUT2D eigenvalue weighted by Crippen LogP contribution is 2.31. The van der Waals surface area contributed by atoms with Gasteiger partial charge in [-0.3, -0.25) is 9.69 Å². The Morgan fingerprint density at radius 3 is 2.35 bits per heavy atom. The Morgan fingerprint density at radius 2 is 1.62 bits per heavy atom. The number of hydrogen-bond acceptors (Lipinski definition) is 3. The molecule has 1 aliphatic carbocycles. The molecule has 37 heavy (non-hydrogen) atoms. The van der Waals surface area contributed by atoms with Crippen LogP contribution in [0.1, 0.15) is 61.6 Å². The largest absolute Gasteiger partial charge is 0.493 e. The van der Waals surface area contributed by atoms with Crippen molar-refractivity contribution in [1.82, 2.24) is 4.90 Å². The Kier molecular flexibility index (Phi) is 8.05.